The third kappa shape index (κ3) is 4.47. The maximum absolute atomic E-state index is 15.0. The van der Waals surface area contributed by atoms with E-state index in [-0.39, 0.29) is 11.8 Å². The molecule has 8 aromatic rings. The molecule has 0 bridgehead atoms. The summed E-state index contributed by atoms with van der Waals surface area (Å²) in [6.45, 7) is 0. The number of hydrogen-bond acceptors (Lipinski definition) is 3. The lowest BCUT2D eigenvalue weighted by Crippen LogP contribution is -2.30. The molecule has 9 rings (SSSR count). The zero-order valence-corrected chi connectivity index (χ0v) is 26.7. The molecule has 50 heavy (non-hydrogen) atoms. The minimum atomic E-state index is -0.370. The van der Waals surface area contributed by atoms with Crippen molar-refractivity contribution in [3.05, 3.63) is 180 Å². The van der Waals surface area contributed by atoms with Gasteiger partial charge in [0.15, 0.2) is 0 Å². The Balaban J connectivity index is 1.28. The smallest absolute Gasteiger partial charge is 0.268 e. The number of aromatic nitrogens is 1. The Morgan fingerprint density at radius 2 is 1.04 bits per heavy atom. The summed E-state index contributed by atoms with van der Waals surface area (Å²) in [4.78, 5) is 30.9. The quantitative estimate of drug-likeness (QED) is 0.176. The molecule has 0 saturated carbocycles. The normalized spacial score (nSPS) is 12.4. The molecular formula is C45H27N3O2. The highest BCUT2D eigenvalue weighted by atomic mass is 16.2. The van der Waals surface area contributed by atoms with E-state index in [0.29, 0.717) is 28.1 Å². The fourth-order valence-electron chi connectivity index (χ4n) is 7.32. The van der Waals surface area contributed by atoms with E-state index in [4.69, 9.17) is 0 Å². The number of imide groups is 1. The first-order chi connectivity index (χ1) is 24.6. The second-order valence-electron chi connectivity index (χ2n) is 12.4. The number of nitriles is 1. The van der Waals surface area contributed by atoms with Crippen molar-refractivity contribution in [2.24, 2.45) is 0 Å². The molecule has 2 amide bonds. The van der Waals surface area contributed by atoms with E-state index in [0.717, 1.165) is 55.2 Å². The third-order valence-electron chi connectivity index (χ3n) is 9.56. The van der Waals surface area contributed by atoms with Crippen LogP contribution in [0.2, 0.25) is 0 Å². The van der Waals surface area contributed by atoms with Crippen LogP contribution in [0.4, 0.5) is 5.69 Å². The van der Waals surface area contributed by atoms with E-state index in [1.54, 1.807) is 12.1 Å². The number of para-hydroxylation sites is 2. The maximum atomic E-state index is 15.0. The second-order valence-corrected chi connectivity index (χ2v) is 12.4. The number of nitrogens with zero attached hydrogens (tertiary/aromatic N) is 3. The van der Waals surface area contributed by atoms with Crippen LogP contribution < -0.4 is 4.90 Å². The molecule has 0 unspecified atom stereocenters. The lowest BCUT2D eigenvalue weighted by molar-refractivity contribution is 0.0926. The second kappa shape index (κ2) is 11.6. The molecule has 0 aliphatic carbocycles. The molecule has 234 valence electrons. The van der Waals surface area contributed by atoms with Crippen molar-refractivity contribution in [1.82, 2.24) is 4.57 Å². The van der Waals surface area contributed by atoms with Gasteiger partial charge in [0.2, 0.25) is 0 Å². The maximum Gasteiger partial charge on any atom is 0.268 e. The summed E-state index contributed by atoms with van der Waals surface area (Å²) in [6, 6.07) is 55.3. The number of carbonyl (C=O) groups excluding carboxylic acids is 2. The van der Waals surface area contributed by atoms with Crippen LogP contribution in [-0.4, -0.2) is 16.4 Å². The number of fused-ring (bicyclic) bond motifs is 4. The first kappa shape index (κ1) is 29.1. The Hall–Kier alpha value is -7.03. The van der Waals surface area contributed by atoms with Crippen LogP contribution in [-0.2, 0) is 0 Å². The summed E-state index contributed by atoms with van der Waals surface area (Å²) in [5, 5.41) is 11.6. The Morgan fingerprint density at radius 3 is 1.76 bits per heavy atom. The topological polar surface area (TPSA) is 66.1 Å². The molecule has 1 aliphatic rings. The first-order valence-electron chi connectivity index (χ1n) is 16.4. The zero-order chi connectivity index (χ0) is 33.8. The van der Waals surface area contributed by atoms with Gasteiger partial charge >= 0.3 is 0 Å². The van der Waals surface area contributed by atoms with Crippen LogP contribution in [0.1, 0.15) is 26.3 Å². The number of hydrogen-bond donors (Lipinski definition) is 0. The van der Waals surface area contributed by atoms with Crippen molar-refractivity contribution in [1.29, 1.82) is 5.26 Å². The van der Waals surface area contributed by atoms with E-state index in [1.165, 1.54) is 4.90 Å². The van der Waals surface area contributed by atoms with Crippen molar-refractivity contribution in [2.75, 3.05) is 4.90 Å². The Bertz CT molecular complexity index is 2640. The molecule has 0 saturated heterocycles. The molecule has 2 heterocycles. The van der Waals surface area contributed by atoms with Crippen LogP contribution in [0.3, 0.4) is 0 Å². The van der Waals surface area contributed by atoms with Crippen LogP contribution in [0, 0.1) is 11.3 Å². The summed E-state index contributed by atoms with van der Waals surface area (Å²) in [5.41, 5.74) is 9.59. The predicted molar refractivity (Wildman–Crippen MR) is 199 cm³/mol. The van der Waals surface area contributed by atoms with Gasteiger partial charge in [0.05, 0.1) is 45.2 Å². The summed E-state index contributed by atoms with van der Waals surface area (Å²) < 4.78 is 2.09. The molecule has 1 aliphatic heterocycles. The van der Waals surface area contributed by atoms with E-state index in [1.807, 2.05) is 127 Å². The standard InChI is InChI=1S/C45H27N3O2/c46-28-29-12-9-17-32(26-29)33-24-25-37-36-18-7-8-22-39(36)47(41(37)27-33)40-23-11-21-38-42(40)45(50)48(44(38)49)43-34(30-13-3-1-4-14-30)19-10-20-35(43)31-15-5-2-6-16-31/h1-27H. The fraction of sp³-hybridized carbons (Fsp3) is 0. The lowest BCUT2D eigenvalue weighted by Gasteiger charge is -2.23. The van der Waals surface area contributed by atoms with E-state index < -0.39 is 0 Å². The van der Waals surface area contributed by atoms with Crippen molar-refractivity contribution in [3.8, 4) is 45.1 Å². The first-order valence-corrected chi connectivity index (χ1v) is 16.4. The van der Waals surface area contributed by atoms with Gasteiger partial charge in [-0.15, -0.1) is 0 Å². The van der Waals surface area contributed by atoms with E-state index >= 15 is 0 Å². The highest BCUT2D eigenvalue weighted by Gasteiger charge is 2.41. The van der Waals surface area contributed by atoms with Gasteiger partial charge in [-0.25, -0.2) is 4.90 Å². The van der Waals surface area contributed by atoms with Gasteiger partial charge in [0.1, 0.15) is 0 Å². The minimum Gasteiger partial charge on any atom is -0.308 e. The molecule has 0 radical (unpaired) electrons. The molecular weight excluding hydrogens is 615 g/mol. The monoisotopic (exact) mass is 641 g/mol. The van der Waals surface area contributed by atoms with Gasteiger partial charge in [0, 0.05) is 21.9 Å². The summed E-state index contributed by atoms with van der Waals surface area (Å²) >= 11 is 0. The van der Waals surface area contributed by atoms with Gasteiger partial charge in [-0.3, -0.25) is 9.59 Å². The molecule has 0 spiro atoms. The number of rotatable bonds is 5. The minimum absolute atomic E-state index is 0.359. The molecule has 0 N–H and O–H groups in total. The average molecular weight is 642 g/mol. The molecule has 5 heteroatoms. The predicted octanol–water partition coefficient (Wildman–Crippen LogP) is 10.5. The summed E-state index contributed by atoms with van der Waals surface area (Å²) in [7, 11) is 0. The largest absolute Gasteiger partial charge is 0.308 e. The van der Waals surface area contributed by atoms with Crippen LogP contribution >= 0.6 is 0 Å². The number of benzene rings is 7. The number of amides is 2. The molecule has 5 nitrogen and oxygen atoms in total. The third-order valence-corrected chi connectivity index (χ3v) is 9.56. The molecule has 0 fully saturated rings. The summed E-state index contributed by atoms with van der Waals surface area (Å²) in [6.07, 6.45) is 0. The fourth-order valence-corrected chi connectivity index (χ4v) is 7.32. The SMILES string of the molecule is N#Cc1cccc(-c2ccc3c4ccccc4n(-c4cccc5c4C(=O)N(c4c(-c6ccccc6)cccc4-c4ccccc4)C5=O)c3c2)c1. The molecule has 1 aromatic heterocycles. The Labute approximate surface area is 288 Å². The number of anilines is 1. The van der Waals surface area contributed by atoms with Crippen molar-refractivity contribution in [3.63, 3.8) is 0 Å². The van der Waals surface area contributed by atoms with Crippen molar-refractivity contribution >= 4 is 39.3 Å². The highest BCUT2D eigenvalue weighted by Crippen LogP contribution is 2.45. The van der Waals surface area contributed by atoms with Crippen LogP contribution in [0.15, 0.2) is 164 Å². The van der Waals surface area contributed by atoms with E-state index in [2.05, 4.69) is 34.9 Å². The molecule has 7 aromatic carbocycles. The van der Waals surface area contributed by atoms with Gasteiger partial charge in [0.25, 0.3) is 11.8 Å². The van der Waals surface area contributed by atoms with Crippen molar-refractivity contribution in [2.45, 2.75) is 0 Å². The number of carbonyl (C=O) groups is 2. The average Bonchev–Trinajstić information content (AvgIpc) is 3.65. The lowest BCUT2D eigenvalue weighted by atomic mass is 9.95. The van der Waals surface area contributed by atoms with Gasteiger partial charge in [-0.2, -0.15) is 5.26 Å². The Kier molecular flexibility index (Phi) is 6.75. The molecule has 0 atom stereocenters. The van der Waals surface area contributed by atoms with Crippen molar-refractivity contribution < 1.29 is 9.59 Å². The summed E-state index contributed by atoms with van der Waals surface area (Å²) in [5.74, 6) is -0.729. The van der Waals surface area contributed by atoms with Crippen LogP contribution in [0.25, 0.3) is 60.9 Å². The van der Waals surface area contributed by atoms with Gasteiger partial charge < -0.3 is 4.57 Å². The van der Waals surface area contributed by atoms with Crippen LogP contribution in [0.5, 0.6) is 0 Å². The zero-order valence-electron chi connectivity index (χ0n) is 26.7. The van der Waals surface area contributed by atoms with E-state index in [9.17, 15) is 14.9 Å². The van der Waals surface area contributed by atoms with Gasteiger partial charge in [-0.1, -0.05) is 127 Å². The van der Waals surface area contributed by atoms with Gasteiger partial charge in [-0.05, 0) is 58.7 Å². The Morgan fingerprint density at radius 1 is 0.460 bits per heavy atom. The highest BCUT2D eigenvalue weighted by molar-refractivity contribution is 6.37.